The van der Waals surface area contributed by atoms with Crippen molar-refractivity contribution in [3.05, 3.63) is 44.9 Å². The molecule has 0 amide bonds. The third-order valence-electron chi connectivity index (χ3n) is 3.33. The predicted octanol–water partition coefficient (Wildman–Crippen LogP) is 3.88. The van der Waals surface area contributed by atoms with E-state index in [9.17, 15) is 0 Å². The number of benzene rings is 1. The molecule has 1 aromatic heterocycles. The molecule has 0 aliphatic rings. The van der Waals surface area contributed by atoms with Crippen LogP contribution in [-0.4, -0.2) is 11.6 Å². The maximum atomic E-state index is 6.16. The maximum Gasteiger partial charge on any atom is 0.122 e. The smallest absolute Gasteiger partial charge is 0.122 e. The number of ether oxygens (including phenoxy) is 1. The molecule has 1 aromatic carbocycles. The van der Waals surface area contributed by atoms with Crippen molar-refractivity contribution in [2.75, 3.05) is 6.61 Å². The second-order valence-electron chi connectivity index (χ2n) is 6.11. The van der Waals surface area contributed by atoms with Crippen LogP contribution in [0.25, 0.3) is 0 Å². The quantitative estimate of drug-likeness (QED) is 0.912. The van der Waals surface area contributed by atoms with E-state index in [-0.39, 0.29) is 5.54 Å². The first kappa shape index (κ1) is 16.0. The van der Waals surface area contributed by atoms with Crippen molar-refractivity contribution in [3.63, 3.8) is 0 Å². The average molecular weight is 304 g/mol. The lowest BCUT2D eigenvalue weighted by Gasteiger charge is -2.16. The minimum absolute atomic E-state index is 0.325. The normalized spacial score (nSPS) is 11.7. The van der Waals surface area contributed by atoms with Crippen molar-refractivity contribution in [3.8, 4) is 5.75 Å². The number of aryl methyl sites for hydroxylation is 3. The zero-order chi connectivity index (χ0) is 15.6. The topological polar surface area (TPSA) is 48.1 Å². The minimum Gasteiger partial charge on any atom is -0.493 e. The van der Waals surface area contributed by atoms with Gasteiger partial charge >= 0.3 is 0 Å². The maximum absolute atomic E-state index is 6.16. The summed E-state index contributed by atoms with van der Waals surface area (Å²) in [5, 5.41) is 1.09. The molecule has 3 nitrogen and oxygen atoms in total. The Balaban J connectivity index is 1.98. The second kappa shape index (κ2) is 6.16. The Morgan fingerprint density at radius 1 is 1.24 bits per heavy atom. The van der Waals surface area contributed by atoms with Crippen LogP contribution in [0.4, 0.5) is 0 Å². The Morgan fingerprint density at radius 2 is 1.95 bits per heavy atom. The van der Waals surface area contributed by atoms with Gasteiger partial charge in [0.05, 0.1) is 17.3 Å². The van der Waals surface area contributed by atoms with Gasteiger partial charge in [-0.2, -0.15) is 0 Å². The molecule has 0 saturated carbocycles. The van der Waals surface area contributed by atoms with Gasteiger partial charge in [0.25, 0.3) is 0 Å². The van der Waals surface area contributed by atoms with E-state index in [4.69, 9.17) is 10.5 Å². The molecule has 0 bridgehead atoms. The molecule has 0 saturated heterocycles. The molecule has 0 fully saturated rings. The molecule has 2 rings (SSSR count). The third kappa shape index (κ3) is 4.05. The Hall–Kier alpha value is -1.39. The monoisotopic (exact) mass is 304 g/mol. The van der Waals surface area contributed by atoms with Crippen molar-refractivity contribution >= 4 is 11.3 Å². The van der Waals surface area contributed by atoms with Crippen molar-refractivity contribution in [1.82, 2.24) is 4.98 Å². The fourth-order valence-corrected chi connectivity index (χ4v) is 3.43. The van der Waals surface area contributed by atoms with Gasteiger partial charge in [-0.3, -0.25) is 0 Å². The molecule has 0 aliphatic carbocycles. The summed E-state index contributed by atoms with van der Waals surface area (Å²) in [5.74, 6) is 0.952. The number of nitrogens with zero attached hydrogens (tertiary/aromatic N) is 1. The van der Waals surface area contributed by atoms with Gasteiger partial charge in [-0.05, 0) is 46.2 Å². The van der Waals surface area contributed by atoms with E-state index in [0.29, 0.717) is 6.61 Å². The first-order valence-electron chi connectivity index (χ1n) is 7.23. The van der Waals surface area contributed by atoms with Crippen molar-refractivity contribution in [2.24, 2.45) is 5.73 Å². The highest BCUT2D eigenvalue weighted by Crippen LogP contribution is 2.28. The highest BCUT2D eigenvalue weighted by Gasteiger charge is 2.21. The summed E-state index contributed by atoms with van der Waals surface area (Å²) < 4.78 is 5.87. The SMILES string of the molecule is Cc1ccc(OCCc2nc(C)c(C(C)(C)N)s2)c(C)c1. The number of hydrogen-bond donors (Lipinski definition) is 1. The lowest BCUT2D eigenvalue weighted by atomic mass is 10.0. The van der Waals surface area contributed by atoms with E-state index >= 15 is 0 Å². The number of aromatic nitrogens is 1. The molecule has 2 aromatic rings. The van der Waals surface area contributed by atoms with Crippen molar-refractivity contribution in [2.45, 2.75) is 46.6 Å². The van der Waals surface area contributed by atoms with Crippen molar-refractivity contribution < 1.29 is 4.74 Å². The van der Waals surface area contributed by atoms with Crippen LogP contribution >= 0.6 is 11.3 Å². The lowest BCUT2D eigenvalue weighted by Crippen LogP contribution is -2.28. The molecule has 4 heteroatoms. The first-order valence-corrected chi connectivity index (χ1v) is 8.05. The third-order valence-corrected chi connectivity index (χ3v) is 4.89. The van der Waals surface area contributed by atoms with Crippen LogP contribution in [0, 0.1) is 20.8 Å². The highest BCUT2D eigenvalue weighted by atomic mass is 32.1. The summed E-state index contributed by atoms with van der Waals surface area (Å²) in [4.78, 5) is 5.76. The molecule has 0 unspecified atom stereocenters. The number of nitrogens with two attached hydrogens (primary N) is 1. The van der Waals surface area contributed by atoms with Gasteiger partial charge in [0.1, 0.15) is 5.75 Å². The van der Waals surface area contributed by atoms with Crippen LogP contribution < -0.4 is 10.5 Å². The predicted molar refractivity (Wildman–Crippen MR) is 89.2 cm³/mol. The fourth-order valence-electron chi connectivity index (χ4n) is 2.37. The molecular weight excluding hydrogens is 280 g/mol. The number of thiazole rings is 1. The van der Waals surface area contributed by atoms with Gasteiger partial charge in [-0.25, -0.2) is 4.98 Å². The second-order valence-corrected chi connectivity index (χ2v) is 7.19. The van der Waals surface area contributed by atoms with Crippen LogP contribution in [0.5, 0.6) is 5.75 Å². The van der Waals surface area contributed by atoms with Gasteiger partial charge in [0, 0.05) is 16.8 Å². The van der Waals surface area contributed by atoms with Crippen LogP contribution in [0.1, 0.15) is 40.6 Å². The Bertz CT molecular complexity index is 626. The van der Waals surface area contributed by atoms with Crippen LogP contribution in [-0.2, 0) is 12.0 Å². The Labute approximate surface area is 131 Å². The molecule has 0 spiro atoms. The molecule has 0 aliphatic heterocycles. The van der Waals surface area contributed by atoms with E-state index in [1.165, 1.54) is 11.1 Å². The van der Waals surface area contributed by atoms with E-state index in [1.807, 2.05) is 26.8 Å². The minimum atomic E-state index is -0.325. The number of hydrogen-bond acceptors (Lipinski definition) is 4. The number of rotatable bonds is 5. The highest BCUT2D eigenvalue weighted by molar-refractivity contribution is 7.11. The summed E-state index contributed by atoms with van der Waals surface area (Å²) in [7, 11) is 0. The molecule has 21 heavy (non-hydrogen) atoms. The Morgan fingerprint density at radius 3 is 2.52 bits per heavy atom. The van der Waals surface area contributed by atoms with E-state index in [2.05, 4.69) is 31.0 Å². The summed E-state index contributed by atoms with van der Waals surface area (Å²) in [5.41, 5.74) is 9.30. The molecular formula is C17H24N2OS. The van der Waals surface area contributed by atoms with Crippen LogP contribution in [0.3, 0.4) is 0 Å². The van der Waals surface area contributed by atoms with Crippen molar-refractivity contribution in [1.29, 1.82) is 0 Å². The molecule has 0 radical (unpaired) electrons. The molecule has 1 heterocycles. The van der Waals surface area contributed by atoms with Crippen LogP contribution in [0.2, 0.25) is 0 Å². The first-order chi connectivity index (χ1) is 9.77. The summed E-state index contributed by atoms with van der Waals surface area (Å²) in [6.45, 7) is 10.9. The summed E-state index contributed by atoms with van der Waals surface area (Å²) >= 11 is 1.69. The average Bonchev–Trinajstić information content (AvgIpc) is 2.73. The zero-order valence-corrected chi connectivity index (χ0v) is 14.3. The van der Waals surface area contributed by atoms with Gasteiger partial charge in [0.2, 0.25) is 0 Å². The fraction of sp³-hybridized carbons (Fsp3) is 0.471. The van der Waals surface area contributed by atoms with Gasteiger partial charge in [0.15, 0.2) is 0 Å². The van der Waals surface area contributed by atoms with Gasteiger partial charge in [-0.15, -0.1) is 11.3 Å². The summed E-state index contributed by atoms with van der Waals surface area (Å²) in [6.07, 6.45) is 0.814. The van der Waals surface area contributed by atoms with Gasteiger partial charge in [-0.1, -0.05) is 17.7 Å². The van der Waals surface area contributed by atoms with Crippen LogP contribution in [0.15, 0.2) is 18.2 Å². The standard InChI is InChI=1S/C17H24N2OS/c1-11-6-7-14(12(2)10-11)20-9-8-15-19-13(3)16(21-15)17(4,5)18/h6-7,10H,8-9,18H2,1-5H3. The summed E-state index contributed by atoms with van der Waals surface area (Å²) in [6, 6.07) is 6.25. The van der Waals surface area contributed by atoms with E-state index in [1.54, 1.807) is 11.3 Å². The molecule has 114 valence electrons. The lowest BCUT2D eigenvalue weighted by molar-refractivity contribution is 0.319. The van der Waals surface area contributed by atoms with E-state index in [0.717, 1.165) is 27.7 Å². The Kier molecular flexibility index (Phi) is 4.69. The van der Waals surface area contributed by atoms with E-state index < -0.39 is 0 Å². The largest absolute Gasteiger partial charge is 0.493 e. The zero-order valence-electron chi connectivity index (χ0n) is 13.5. The van der Waals surface area contributed by atoms with Gasteiger partial charge < -0.3 is 10.5 Å². The molecule has 0 atom stereocenters. The molecule has 2 N–H and O–H groups in total.